The Morgan fingerprint density at radius 2 is 2.06 bits per heavy atom. The summed E-state index contributed by atoms with van der Waals surface area (Å²) in [7, 11) is 0. The van der Waals surface area contributed by atoms with E-state index in [1.165, 1.54) is 6.92 Å². The molecule has 0 spiro atoms. The number of carbonyl (C=O) groups excluding carboxylic acids is 1. The number of hydrogen-bond donors (Lipinski definition) is 2. The molecule has 1 aromatic carbocycles. The average molecular weight is 286 g/mol. The van der Waals surface area contributed by atoms with Crippen LogP contribution in [0.4, 0.5) is 0 Å². The van der Waals surface area contributed by atoms with Crippen molar-refractivity contribution in [2.45, 2.75) is 19.4 Å². The van der Waals surface area contributed by atoms with Crippen molar-refractivity contribution >= 4 is 27.8 Å². The Kier molecular flexibility index (Phi) is 4.49. The van der Waals surface area contributed by atoms with Crippen LogP contribution in [0.2, 0.25) is 0 Å². The van der Waals surface area contributed by atoms with Crippen LogP contribution in [0.25, 0.3) is 0 Å². The number of carboxylic acid groups (broad SMARTS) is 1. The van der Waals surface area contributed by atoms with Crippen molar-refractivity contribution in [1.29, 1.82) is 0 Å². The number of benzene rings is 1. The molecule has 0 aromatic heterocycles. The Morgan fingerprint density at radius 1 is 1.44 bits per heavy atom. The normalized spacial score (nSPS) is 11.9. The molecule has 0 unspecified atom stereocenters. The van der Waals surface area contributed by atoms with Crippen LogP contribution in [0, 0.1) is 0 Å². The van der Waals surface area contributed by atoms with Crippen LogP contribution >= 0.6 is 15.9 Å². The van der Waals surface area contributed by atoms with Gasteiger partial charge in [-0.05, 0) is 11.6 Å². The smallest absolute Gasteiger partial charge is 0.305 e. The van der Waals surface area contributed by atoms with Crippen molar-refractivity contribution in [2.75, 3.05) is 0 Å². The predicted octanol–water partition coefficient (Wildman–Crippen LogP) is 2.10. The molecule has 4 nitrogen and oxygen atoms in total. The van der Waals surface area contributed by atoms with E-state index in [1.807, 2.05) is 12.1 Å². The summed E-state index contributed by atoms with van der Waals surface area (Å²) in [6.45, 7) is 1.37. The molecule has 0 saturated heterocycles. The minimum absolute atomic E-state index is 0.137. The van der Waals surface area contributed by atoms with Crippen LogP contribution in [0.15, 0.2) is 28.7 Å². The van der Waals surface area contributed by atoms with Gasteiger partial charge in [-0.1, -0.05) is 34.1 Å². The fourth-order valence-electron chi connectivity index (χ4n) is 1.42. The third kappa shape index (κ3) is 3.66. The highest BCUT2D eigenvalue weighted by atomic mass is 79.9. The van der Waals surface area contributed by atoms with Gasteiger partial charge in [-0.3, -0.25) is 9.59 Å². The summed E-state index contributed by atoms with van der Waals surface area (Å²) in [6.07, 6.45) is -0.137. The molecule has 1 amide bonds. The fraction of sp³-hybridized carbons (Fsp3) is 0.273. The summed E-state index contributed by atoms with van der Waals surface area (Å²) in [5.74, 6) is -1.20. The van der Waals surface area contributed by atoms with E-state index in [9.17, 15) is 9.59 Å². The second-order valence-corrected chi connectivity index (χ2v) is 4.23. The van der Waals surface area contributed by atoms with Gasteiger partial charge in [0.15, 0.2) is 0 Å². The van der Waals surface area contributed by atoms with Gasteiger partial charge in [0.1, 0.15) is 0 Å². The zero-order valence-electron chi connectivity index (χ0n) is 8.74. The van der Waals surface area contributed by atoms with Crippen molar-refractivity contribution in [2.24, 2.45) is 0 Å². The van der Waals surface area contributed by atoms with Crippen molar-refractivity contribution < 1.29 is 14.7 Å². The molecule has 0 heterocycles. The topological polar surface area (TPSA) is 66.4 Å². The largest absolute Gasteiger partial charge is 0.481 e. The molecular formula is C11H12BrNO3. The Balaban J connectivity index is 2.96. The lowest BCUT2D eigenvalue weighted by Crippen LogP contribution is -2.28. The van der Waals surface area contributed by atoms with E-state index in [-0.39, 0.29) is 12.3 Å². The summed E-state index contributed by atoms with van der Waals surface area (Å²) < 4.78 is 0.787. The molecule has 16 heavy (non-hydrogen) atoms. The molecule has 0 fully saturated rings. The summed E-state index contributed by atoms with van der Waals surface area (Å²) >= 11 is 3.33. The van der Waals surface area contributed by atoms with Crippen LogP contribution in [0.3, 0.4) is 0 Å². The predicted molar refractivity (Wildman–Crippen MR) is 63.0 cm³/mol. The first-order valence-corrected chi connectivity index (χ1v) is 5.53. The Morgan fingerprint density at radius 3 is 2.56 bits per heavy atom. The Labute approximate surface area is 102 Å². The monoisotopic (exact) mass is 285 g/mol. The number of carbonyl (C=O) groups is 2. The lowest BCUT2D eigenvalue weighted by Gasteiger charge is -2.17. The Hall–Kier alpha value is -1.36. The maximum atomic E-state index is 11.0. The van der Waals surface area contributed by atoms with Gasteiger partial charge in [0.05, 0.1) is 12.5 Å². The minimum atomic E-state index is -0.950. The fourth-order valence-corrected chi connectivity index (χ4v) is 1.98. The van der Waals surface area contributed by atoms with Gasteiger partial charge in [-0.15, -0.1) is 0 Å². The van der Waals surface area contributed by atoms with Crippen molar-refractivity contribution in [1.82, 2.24) is 5.32 Å². The van der Waals surface area contributed by atoms with E-state index in [0.29, 0.717) is 0 Å². The molecule has 0 aliphatic carbocycles. The molecule has 1 rings (SSSR count). The summed E-state index contributed by atoms with van der Waals surface area (Å²) in [5, 5.41) is 11.4. The summed E-state index contributed by atoms with van der Waals surface area (Å²) in [4.78, 5) is 21.7. The van der Waals surface area contributed by atoms with E-state index in [4.69, 9.17) is 5.11 Å². The van der Waals surface area contributed by atoms with E-state index >= 15 is 0 Å². The quantitative estimate of drug-likeness (QED) is 0.890. The third-order valence-corrected chi connectivity index (χ3v) is 2.76. The van der Waals surface area contributed by atoms with Gasteiger partial charge in [0.2, 0.25) is 5.91 Å². The molecule has 0 aliphatic heterocycles. The van der Waals surface area contributed by atoms with Gasteiger partial charge < -0.3 is 10.4 Å². The van der Waals surface area contributed by atoms with Gasteiger partial charge in [0.25, 0.3) is 0 Å². The molecule has 0 aliphatic rings. The molecule has 0 radical (unpaired) electrons. The average Bonchev–Trinajstić information content (AvgIpc) is 2.15. The van der Waals surface area contributed by atoms with Gasteiger partial charge in [0, 0.05) is 11.4 Å². The highest BCUT2D eigenvalue weighted by Gasteiger charge is 2.18. The SMILES string of the molecule is CC(=O)N[C@@H](CC(=O)O)c1ccccc1Br. The van der Waals surface area contributed by atoms with Crippen LogP contribution in [0.5, 0.6) is 0 Å². The zero-order valence-corrected chi connectivity index (χ0v) is 10.3. The van der Waals surface area contributed by atoms with Crippen LogP contribution in [-0.4, -0.2) is 17.0 Å². The van der Waals surface area contributed by atoms with E-state index in [1.54, 1.807) is 12.1 Å². The Bertz CT molecular complexity index is 390. The highest BCUT2D eigenvalue weighted by molar-refractivity contribution is 9.10. The maximum absolute atomic E-state index is 11.0. The minimum Gasteiger partial charge on any atom is -0.481 e. The second kappa shape index (κ2) is 5.65. The van der Waals surface area contributed by atoms with E-state index in [2.05, 4.69) is 21.2 Å². The molecule has 0 bridgehead atoms. The van der Waals surface area contributed by atoms with E-state index in [0.717, 1.165) is 10.0 Å². The van der Waals surface area contributed by atoms with Gasteiger partial charge in [-0.25, -0.2) is 0 Å². The molecule has 5 heteroatoms. The number of hydrogen-bond acceptors (Lipinski definition) is 2. The number of aliphatic carboxylic acids is 1. The molecule has 1 atom stereocenters. The zero-order chi connectivity index (χ0) is 12.1. The number of carboxylic acids is 1. The molecule has 86 valence electrons. The van der Waals surface area contributed by atoms with Gasteiger partial charge >= 0.3 is 5.97 Å². The van der Waals surface area contributed by atoms with Crippen molar-refractivity contribution in [3.8, 4) is 0 Å². The number of halogens is 1. The lowest BCUT2D eigenvalue weighted by atomic mass is 10.0. The first-order chi connectivity index (χ1) is 7.50. The first kappa shape index (κ1) is 12.7. The number of nitrogens with one attached hydrogen (secondary N) is 1. The number of amides is 1. The summed E-state index contributed by atoms with van der Waals surface area (Å²) in [6, 6.07) is 6.72. The van der Waals surface area contributed by atoms with Crippen molar-refractivity contribution in [3.05, 3.63) is 34.3 Å². The van der Waals surface area contributed by atoms with Crippen LogP contribution in [0.1, 0.15) is 24.9 Å². The lowest BCUT2D eigenvalue weighted by molar-refractivity contribution is -0.137. The maximum Gasteiger partial charge on any atom is 0.305 e. The molecule has 2 N–H and O–H groups in total. The molecule has 1 aromatic rings. The molecule has 0 saturated carbocycles. The third-order valence-electron chi connectivity index (χ3n) is 2.04. The van der Waals surface area contributed by atoms with Crippen LogP contribution < -0.4 is 5.32 Å². The van der Waals surface area contributed by atoms with E-state index < -0.39 is 12.0 Å². The molecular weight excluding hydrogens is 274 g/mol. The second-order valence-electron chi connectivity index (χ2n) is 3.37. The van der Waals surface area contributed by atoms with Crippen molar-refractivity contribution in [3.63, 3.8) is 0 Å². The van der Waals surface area contributed by atoms with Crippen LogP contribution in [-0.2, 0) is 9.59 Å². The number of rotatable bonds is 4. The standard InChI is InChI=1S/C11H12BrNO3/c1-7(14)13-10(6-11(15)16)8-4-2-3-5-9(8)12/h2-5,10H,6H2,1H3,(H,13,14)(H,15,16)/t10-/m0/s1. The highest BCUT2D eigenvalue weighted by Crippen LogP contribution is 2.25. The first-order valence-electron chi connectivity index (χ1n) is 4.74. The summed E-state index contributed by atoms with van der Waals surface area (Å²) in [5.41, 5.74) is 0.764. The van der Waals surface area contributed by atoms with Gasteiger partial charge in [-0.2, -0.15) is 0 Å².